The van der Waals surface area contributed by atoms with Crippen LogP contribution in [0.25, 0.3) is 11.2 Å². The topological polar surface area (TPSA) is 125 Å². The summed E-state index contributed by atoms with van der Waals surface area (Å²) < 4.78 is 6.71. The molecule has 10 heteroatoms. The molecule has 2 aromatic heterocycles. The lowest BCUT2D eigenvalue weighted by Crippen LogP contribution is -2.49. The van der Waals surface area contributed by atoms with Crippen molar-refractivity contribution in [1.82, 2.24) is 29.7 Å². The number of hydrogen-bond donors (Lipinski definition) is 3. The molecule has 0 aromatic carbocycles. The molecule has 1 atom stereocenters. The van der Waals surface area contributed by atoms with Gasteiger partial charge in [0.2, 0.25) is 5.91 Å². The molecule has 1 saturated heterocycles. The van der Waals surface area contributed by atoms with Crippen molar-refractivity contribution in [1.29, 1.82) is 0 Å². The molecule has 0 aliphatic carbocycles. The van der Waals surface area contributed by atoms with E-state index in [9.17, 15) is 14.4 Å². The average Bonchev–Trinajstić information content (AvgIpc) is 3.13. The van der Waals surface area contributed by atoms with Crippen LogP contribution in [-0.4, -0.2) is 69.2 Å². The minimum atomic E-state index is -0.516. The second kappa shape index (κ2) is 9.36. The van der Waals surface area contributed by atoms with Crippen molar-refractivity contribution in [3.8, 4) is 0 Å². The Bertz CT molecular complexity index is 954. The molecule has 3 rings (SSSR count). The molecule has 0 spiro atoms. The fraction of sp³-hybridized carbons (Fsp3) is 0.684. The normalized spacial score (nSPS) is 16.4. The lowest BCUT2D eigenvalue weighted by atomic mass is 10.0. The standard InChI is InChI=1S/C19H30N6O4/c1-12(2)10-13(25-6-8-29-9-7-25)11-20-15(26)5-4-14-21-16-17(22-14)24(3)19(28)23-18(16)27/h12-13H,4-11H2,1-3H3,(H,20,26)(H,21,22)(H,23,27,28). The molecule has 1 unspecified atom stereocenters. The molecule has 0 bridgehead atoms. The Kier molecular flexibility index (Phi) is 6.86. The van der Waals surface area contributed by atoms with Gasteiger partial charge in [0, 0.05) is 45.6 Å². The van der Waals surface area contributed by atoms with Crippen LogP contribution in [0.3, 0.4) is 0 Å². The van der Waals surface area contributed by atoms with E-state index in [2.05, 4.69) is 39.0 Å². The third-order valence-electron chi connectivity index (χ3n) is 5.23. The maximum Gasteiger partial charge on any atom is 0.329 e. The number of aryl methyl sites for hydroxylation is 2. The van der Waals surface area contributed by atoms with Gasteiger partial charge in [0.25, 0.3) is 5.56 Å². The number of amides is 1. The summed E-state index contributed by atoms with van der Waals surface area (Å²) >= 11 is 0. The van der Waals surface area contributed by atoms with Gasteiger partial charge in [0.1, 0.15) is 11.3 Å². The Morgan fingerprint density at radius 1 is 1.24 bits per heavy atom. The van der Waals surface area contributed by atoms with Gasteiger partial charge >= 0.3 is 5.69 Å². The maximum absolute atomic E-state index is 12.4. The first kappa shape index (κ1) is 21.3. The van der Waals surface area contributed by atoms with E-state index in [1.54, 1.807) is 7.05 Å². The van der Waals surface area contributed by atoms with Gasteiger partial charge in [0.05, 0.1) is 13.2 Å². The van der Waals surface area contributed by atoms with E-state index in [0.29, 0.717) is 36.4 Å². The third-order valence-corrected chi connectivity index (χ3v) is 5.23. The quantitative estimate of drug-likeness (QED) is 0.555. The van der Waals surface area contributed by atoms with Gasteiger partial charge in [-0.1, -0.05) is 13.8 Å². The molecule has 0 saturated carbocycles. The van der Waals surface area contributed by atoms with Crippen LogP contribution in [0.4, 0.5) is 0 Å². The summed E-state index contributed by atoms with van der Waals surface area (Å²) in [5.74, 6) is 0.990. The highest BCUT2D eigenvalue weighted by Gasteiger charge is 2.22. The zero-order valence-corrected chi connectivity index (χ0v) is 17.3. The Hall–Kier alpha value is -2.46. The van der Waals surface area contributed by atoms with Crippen LogP contribution >= 0.6 is 0 Å². The number of nitrogens with one attached hydrogen (secondary N) is 3. The van der Waals surface area contributed by atoms with E-state index in [1.807, 2.05) is 0 Å². The number of rotatable bonds is 8. The van der Waals surface area contributed by atoms with Crippen molar-refractivity contribution in [3.05, 3.63) is 26.7 Å². The molecule has 1 aliphatic heterocycles. The average molecular weight is 406 g/mol. The second-order valence-electron chi connectivity index (χ2n) is 7.94. The Morgan fingerprint density at radius 3 is 2.66 bits per heavy atom. The summed E-state index contributed by atoms with van der Waals surface area (Å²) in [7, 11) is 1.54. The number of ether oxygens (including phenoxy) is 1. The fourth-order valence-electron chi connectivity index (χ4n) is 3.67. The van der Waals surface area contributed by atoms with Crippen LogP contribution in [0.15, 0.2) is 9.59 Å². The van der Waals surface area contributed by atoms with E-state index < -0.39 is 11.2 Å². The zero-order valence-electron chi connectivity index (χ0n) is 17.3. The number of carbonyl (C=O) groups excluding carboxylic acids is 1. The van der Waals surface area contributed by atoms with Gasteiger partial charge in [0.15, 0.2) is 5.65 Å². The van der Waals surface area contributed by atoms with Gasteiger partial charge in [-0.25, -0.2) is 9.78 Å². The summed E-state index contributed by atoms with van der Waals surface area (Å²) in [4.78, 5) is 47.7. The Morgan fingerprint density at radius 2 is 1.97 bits per heavy atom. The smallest absolute Gasteiger partial charge is 0.329 e. The van der Waals surface area contributed by atoms with Gasteiger partial charge < -0.3 is 15.0 Å². The molecule has 0 radical (unpaired) electrons. The highest BCUT2D eigenvalue weighted by Crippen LogP contribution is 2.13. The molecule has 29 heavy (non-hydrogen) atoms. The molecule has 1 amide bonds. The predicted molar refractivity (Wildman–Crippen MR) is 109 cm³/mol. The van der Waals surface area contributed by atoms with Crippen LogP contribution in [0, 0.1) is 5.92 Å². The van der Waals surface area contributed by atoms with Gasteiger partial charge in [-0.2, -0.15) is 0 Å². The van der Waals surface area contributed by atoms with Crippen molar-refractivity contribution < 1.29 is 9.53 Å². The Labute approximate surface area is 168 Å². The van der Waals surface area contributed by atoms with E-state index in [1.165, 1.54) is 4.57 Å². The number of fused-ring (bicyclic) bond motifs is 1. The zero-order chi connectivity index (χ0) is 21.0. The number of nitrogens with zero attached hydrogens (tertiary/aromatic N) is 3. The lowest BCUT2D eigenvalue weighted by Gasteiger charge is -2.35. The van der Waals surface area contributed by atoms with Crippen LogP contribution in [-0.2, 0) is 23.0 Å². The van der Waals surface area contributed by atoms with Crippen molar-refractivity contribution in [2.45, 2.75) is 39.2 Å². The number of morpholine rings is 1. The minimum Gasteiger partial charge on any atom is -0.379 e. The van der Waals surface area contributed by atoms with Gasteiger partial charge in [-0.3, -0.25) is 24.0 Å². The first-order chi connectivity index (χ1) is 13.8. The largest absolute Gasteiger partial charge is 0.379 e. The molecule has 2 aromatic rings. The van der Waals surface area contributed by atoms with Crippen LogP contribution in [0.1, 0.15) is 32.5 Å². The summed E-state index contributed by atoms with van der Waals surface area (Å²) in [6.45, 7) is 8.22. The van der Waals surface area contributed by atoms with Crippen molar-refractivity contribution in [2.24, 2.45) is 13.0 Å². The fourth-order valence-corrected chi connectivity index (χ4v) is 3.67. The van der Waals surface area contributed by atoms with Crippen LogP contribution < -0.4 is 16.6 Å². The van der Waals surface area contributed by atoms with E-state index in [4.69, 9.17) is 4.74 Å². The minimum absolute atomic E-state index is 0.0599. The predicted octanol–water partition coefficient (Wildman–Crippen LogP) is -0.254. The number of aromatic amines is 2. The highest BCUT2D eigenvalue weighted by molar-refractivity contribution is 5.76. The molecule has 10 nitrogen and oxygen atoms in total. The first-order valence-corrected chi connectivity index (χ1v) is 10.1. The maximum atomic E-state index is 12.4. The van der Waals surface area contributed by atoms with Gasteiger partial charge in [-0.05, 0) is 12.3 Å². The van der Waals surface area contributed by atoms with E-state index in [0.717, 1.165) is 32.7 Å². The highest BCUT2D eigenvalue weighted by atomic mass is 16.5. The molecular formula is C19H30N6O4. The summed E-state index contributed by atoms with van der Waals surface area (Å²) in [5.41, 5.74) is -0.490. The molecule has 1 fully saturated rings. The number of carbonyl (C=O) groups is 1. The van der Waals surface area contributed by atoms with Crippen LogP contribution in [0.5, 0.6) is 0 Å². The van der Waals surface area contributed by atoms with Crippen molar-refractivity contribution >= 4 is 17.1 Å². The second-order valence-corrected chi connectivity index (χ2v) is 7.94. The van der Waals surface area contributed by atoms with Crippen LogP contribution in [0.2, 0.25) is 0 Å². The third kappa shape index (κ3) is 5.33. The number of imidazole rings is 1. The SMILES string of the molecule is CC(C)CC(CNC(=O)CCc1nc2c([nH]1)c(=O)[nH]c(=O)n2C)N1CCOCC1. The molecule has 3 N–H and O–H groups in total. The summed E-state index contributed by atoms with van der Waals surface area (Å²) in [6.07, 6.45) is 1.63. The number of aromatic nitrogens is 4. The molecule has 3 heterocycles. The summed E-state index contributed by atoms with van der Waals surface area (Å²) in [6, 6.07) is 0.294. The first-order valence-electron chi connectivity index (χ1n) is 10.1. The molecule has 160 valence electrons. The van der Waals surface area contributed by atoms with E-state index >= 15 is 0 Å². The molecular weight excluding hydrogens is 376 g/mol. The van der Waals surface area contributed by atoms with Crippen molar-refractivity contribution in [2.75, 3.05) is 32.8 Å². The number of H-pyrrole nitrogens is 2. The Balaban J connectivity index is 1.57. The van der Waals surface area contributed by atoms with Gasteiger partial charge in [-0.15, -0.1) is 0 Å². The monoisotopic (exact) mass is 406 g/mol. The lowest BCUT2D eigenvalue weighted by molar-refractivity contribution is -0.121. The number of hydrogen-bond acceptors (Lipinski definition) is 6. The summed E-state index contributed by atoms with van der Waals surface area (Å²) in [5, 5.41) is 3.04. The molecule has 1 aliphatic rings. The van der Waals surface area contributed by atoms with E-state index in [-0.39, 0.29) is 17.8 Å². The van der Waals surface area contributed by atoms with Crippen molar-refractivity contribution in [3.63, 3.8) is 0 Å².